The van der Waals surface area contributed by atoms with Gasteiger partial charge in [0.2, 0.25) is 0 Å². The lowest BCUT2D eigenvalue weighted by molar-refractivity contribution is -0.129. The number of fused-ring (bicyclic) bond motifs is 2. The Kier molecular flexibility index (Phi) is 4.62. The van der Waals surface area contributed by atoms with Crippen molar-refractivity contribution >= 4 is 5.78 Å². The van der Waals surface area contributed by atoms with Crippen molar-refractivity contribution < 1.29 is 14.6 Å². The lowest BCUT2D eigenvalue weighted by Crippen LogP contribution is -2.42. The first-order valence-electron chi connectivity index (χ1n) is 11.8. The maximum Gasteiger partial charge on any atom is 0.137 e. The van der Waals surface area contributed by atoms with Gasteiger partial charge in [-0.3, -0.25) is 4.79 Å². The number of carbonyl (C=O) groups excluding carboxylic acids is 1. The minimum atomic E-state index is -0.551. The standard InChI is InChI=1S/C26H36O3/c1-4-5-6-7-10-26(11-8-9-12-26)16-13-18(27)21(20(14-16)29-3)17-15-19(28)23-24-22(17)25(23,24)2/h7,10,13-14,17-18,21-24,27H,4-6,8-9,11-12,15H2,1-3H3/b10-7-/t17-,18?,21?,22-,23+,24?,25?/m0/s1. The lowest BCUT2D eigenvalue weighted by atomic mass is 9.65. The number of hydrogen-bond acceptors (Lipinski definition) is 3. The van der Waals surface area contributed by atoms with Crippen LogP contribution in [0.15, 0.2) is 35.6 Å². The van der Waals surface area contributed by atoms with E-state index in [0.717, 1.165) is 25.0 Å². The maximum absolute atomic E-state index is 12.5. The molecule has 6 aliphatic carbocycles. The highest BCUT2D eigenvalue weighted by Crippen LogP contribution is 2.89. The number of unbranched alkanes of at least 4 members (excludes halogenated alkanes) is 2. The molecule has 0 heterocycles. The molecule has 1 N–H and O–H groups in total. The van der Waals surface area contributed by atoms with Crippen LogP contribution in [0.25, 0.3) is 0 Å². The molecule has 29 heavy (non-hydrogen) atoms. The first-order valence-corrected chi connectivity index (χ1v) is 11.8. The molecule has 3 nitrogen and oxygen atoms in total. The number of carbonyl (C=O) groups is 1. The molecule has 5 fully saturated rings. The summed E-state index contributed by atoms with van der Waals surface area (Å²) in [5, 5.41) is 11.3. The molecular formula is C26H36O3. The van der Waals surface area contributed by atoms with Gasteiger partial charge in [0.15, 0.2) is 0 Å². The number of aliphatic hydroxyl groups excluding tert-OH is 1. The van der Waals surface area contributed by atoms with Crippen LogP contribution in [0.3, 0.4) is 0 Å². The van der Waals surface area contributed by atoms with Gasteiger partial charge in [-0.2, -0.15) is 0 Å². The van der Waals surface area contributed by atoms with Crippen molar-refractivity contribution in [2.24, 2.45) is 40.4 Å². The molecule has 2 bridgehead atoms. The van der Waals surface area contributed by atoms with Crippen molar-refractivity contribution in [2.45, 2.75) is 71.3 Å². The normalized spacial score (nSPS) is 44.3. The summed E-state index contributed by atoms with van der Waals surface area (Å²) in [4.78, 5) is 12.5. The Morgan fingerprint density at radius 3 is 2.62 bits per heavy atom. The summed E-state index contributed by atoms with van der Waals surface area (Å²) in [6.07, 6.45) is 17.5. The van der Waals surface area contributed by atoms with Crippen LogP contribution in [-0.4, -0.2) is 24.1 Å². The maximum atomic E-state index is 12.5. The van der Waals surface area contributed by atoms with E-state index in [-0.39, 0.29) is 22.7 Å². The minimum absolute atomic E-state index is 0.0463. The van der Waals surface area contributed by atoms with Crippen LogP contribution >= 0.6 is 0 Å². The Labute approximate surface area is 175 Å². The Hall–Kier alpha value is -1.35. The summed E-state index contributed by atoms with van der Waals surface area (Å²) in [6, 6.07) is 0. The third-order valence-corrected chi connectivity index (χ3v) is 9.15. The monoisotopic (exact) mass is 396 g/mol. The summed E-state index contributed by atoms with van der Waals surface area (Å²) in [5.41, 5.74) is 1.53. The fraction of sp³-hybridized carbons (Fsp3) is 0.731. The van der Waals surface area contributed by atoms with Gasteiger partial charge < -0.3 is 9.84 Å². The molecule has 0 aromatic rings. The largest absolute Gasteiger partial charge is 0.501 e. The van der Waals surface area contributed by atoms with Crippen molar-refractivity contribution in [3.05, 3.63) is 35.6 Å². The van der Waals surface area contributed by atoms with Gasteiger partial charge in [0.05, 0.1) is 13.2 Å². The van der Waals surface area contributed by atoms with E-state index in [1.54, 1.807) is 7.11 Å². The highest BCUT2D eigenvalue weighted by molar-refractivity contribution is 5.90. The number of ketones is 1. The number of allylic oxidation sites excluding steroid dienone is 4. The number of ether oxygens (including phenoxy) is 1. The fourth-order valence-corrected chi connectivity index (χ4v) is 7.49. The van der Waals surface area contributed by atoms with Crippen LogP contribution in [0.2, 0.25) is 0 Å². The van der Waals surface area contributed by atoms with E-state index in [1.165, 1.54) is 31.3 Å². The molecule has 6 aliphatic rings. The van der Waals surface area contributed by atoms with Crippen LogP contribution in [-0.2, 0) is 9.53 Å². The summed E-state index contributed by atoms with van der Waals surface area (Å²) >= 11 is 0. The number of hydrogen-bond donors (Lipinski definition) is 1. The molecule has 5 saturated carbocycles. The average molecular weight is 397 g/mol. The topological polar surface area (TPSA) is 46.5 Å². The predicted octanol–water partition coefficient (Wildman–Crippen LogP) is 5.21. The fourth-order valence-electron chi connectivity index (χ4n) is 7.49. The van der Waals surface area contributed by atoms with Crippen molar-refractivity contribution in [2.75, 3.05) is 7.11 Å². The van der Waals surface area contributed by atoms with Crippen LogP contribution < -0.4 is 0 Å². The van der Waals surface area contributed by atoms with Gasteiger partial charge in [0.25, 0.3) is 0 Å². The van der Waals surface area contributed by atoms with Crippen molar-refractivity contribution in [1.29, 1.82) is 0 Å². The zero-order valence-corrected chi connectivity index (χ0v) is 18.2. The van der Waals surface area contributed by atoms with Crippen LogP contribution in [0.5, 0.6) is 0 Å². The first kappa shape index (κ1) is 19.6. The number of methoxy groups -OCH3 is 1. The molecule has 0 aliphatic heterocycles. The third-order valence-electron chi connectivity index (χ3n) is 9.15. The Morgan fingerprint density at radius 1 is 1.28 bits per heavy atom. The van der Waals surface area contributed by atoms with Gasteiger partial charge in [-0.05, 0) is 54.1 Å². The molecule has 0 saturated heterocycles. The van der Waals surface area contributed by atoms with E-state index in [9.17, 15) is 9.90 Å². The van der Waals surface area contributed by atoms with Gasteiger partial charge in [-0.15, -0.1) is 0 Å². The van der Waals surface area contributed by atoms with E-state index in [2.05, 4.69) is 38.2 Å². The molecule has 4 unspecified atom stereocenters. The second-order valence-corrected chi connectivity index (χ2v) is 10.5. The number of Topliss-reactive ketones (excluding diaryl/α,β-unsaturated/α-hetero) is 1. The SMILES string of the molecule is CCCC/C=C\C1(C2=CC(O)C([C@@H]3CC(=O)[C@@H]4C5[C@H]3C54C)C(OC)=C2)CCCC1. The molecule has 6 rings (SSSR count). The second-order valence-electron chi connectivity index (χ2n) is 10.5. The van der Waals surface area contributed by atoms with Gasteiger partial charge in [0.1, 0.15) is 11.5 Å². The predicted molar refractivity (Wildman–Crippen MR) is 114 cm³/mol. The summed E-state index contributed by atoms with van der Waals surface area (Å²) in [7, 11) is 1.73. The Morgan fingerprint density at radius 2 is 2.00 bits per heavy atom. The average Bonchev–Trinajstić information content (AvgIpc) is 3.42. The van der Waals surface area contributed by atoms with E-state index in [1.807, 2.05) is 0 Å². The summed E-state index contributed by atoms with van der Waals surface area (Å²) in [5.74, 6) is 3.02. The molecule has 3 heteroatoms. The van der Waals surface area contributed by atoms with Crippen LogP contribution in [0.1, 0.15) is 65.2 Å². The van der Waals surface area contributed by atoms with Gasteiger partial charge in [-0.1, -0.05) is 57.8 Å². The van der Waals surface area contributed by atoms with Crippen molar-refractivity contribution in [3.8, 4) is 0 Å². The Bertz CT molecular complexity index is 784. The molecule has 0 spiro atoms. The van der Waals surface area contributed by atoms with Crippen molar-refractivity contribution in [3.63, 3.8) is 0 Å². The third kappa shape index (κ3) is 2.76. The molecule has 0 aromatic carbocycles. The zero-order valence-electron chi connectivity index (χ0n) is 18.2. The molecule has 0 aromatic heterocycles. The molecule has 7 atom stereocenters. The molecule has 0 amide bonds. The van der Waals surface area contributed by atoms with Crippen LogP contribution in [0, 0.1) is 40.4 Å². The molecule has 158 valence electrons. The lowest BCUT2D eigenvalue weighted by Gasteiger charge is -2.41. The highest BCUT2D eigenvalue weighted by Gasteiger charge is 2.89. The highest BCUT2D eigenvalue weighted by atomic mass is 16.5. The second kappa shape index (κ2) is 6.83. The van der Waals surface area contributed by atoms with Crippen LogP contribution in [0.4, 0.5) is 0 Å². The van der Waals surface area contributed by atoms with Crippen molar-refractivity contribution in [1.82, 2.24) is 0 Å². The van der Waals surface area contributed by atoms with Gasteiger partial charge >= 0.3 is 0 Å². The molecular weight excluding hydrogens is 360 g/mol. The Balaban J connectivity index is 1.40. The summed E-state index contributed by atoms with van der Waals surface area (Å²) < 4.78 is 5.87. The van der Waals surface area contributed by atoms with Gasteiger partial charge in [-0.25, -0.2) is 0 Å². The van der Waals surface area contributed by atoms with Gasteiger partial charge in [0, 0.05) is 23.7 Å². The summed E-state index contributed by atoms with van der Waals surface area (Å²) in [6.45, 7) is 4.51. The van der Waals surface area contributed by atoms with E-state index in [0.29, 0.717) is 30.0 Å². The quantitative estimate of drug-likeness (QED) is 0.474. The zero-order chi connectivity index (χ0) is 20.4. The smallest absolute Gasteiger partial charge is 0.137 e. The van der Waals surface area contributed by atoms with E-state index in [4.69, 9.17) is 4.74 Å². The minimum Gasteiger partial charge on any atom is -0.501 e. The molecule has 0 radical (unpaired) electrons. The van der Waals surface area contributed by atoms with E-state index >= 15 is 0 Å². The van der Waals surface area contributed by atoms with E-state index < -0.39 is 6.10 Å². The number of rotatable bonds is 7. The number of aliphatic hydroxyl groups is 1. The first-order chi connectivity index (χ1) is 14.0.